The van der Waals surface area contributed by atoms with E-state index in [1.54, 1.807) is 11.8 Å². The van der Waals surface area contributed by atoms with E-state index < -0.39 is 5.97 Å². The summed E-state index contributed by atoms with van der Waals surface area (Å²) in [7, 11) is 0. The Bertz CT molecular complexity index is 958. The molecule has 2 aromatic carbocycles. The number of Topliss-reactive ketones (excluding diaryl/α,β-unsaturated/α-hetero) is 1. The number of nitrogens with zero attached hydrogens (tertiary/aromatic N) is 1. The van der Waals surface area contributed by atoms with Crippen molar-refractivity contribution in [3.63, 3.8) is 0 Å². The molecule has 1 aliphatic carbocycles. The van der Waals surface area contributed by atoms with Crippen molar-refractivity contribution in [2.75, 3.05) is 26.2 Å². The molecule has 0 bridgehead atoms. The number of hydrogen-bond donors (Lipinski definition) is 1. The number of hydrogen-bond acceptors (Lipinski definition) is 4. The van der Waals surface area contributed by atoms with Gasteiger partial charge in [-0.25, -0.2) is 4.79 Å². The van der Waals surface area contributed by atoms with E-state index in [-0.39, 0.29) is 30.9 Å². The molecule has 4 rings (SSSR count). The fraction of sp³-hybridized carbons (Fsp3) is 0.435. The van der Waals surface area contributed by atoms with Crippen LogP contribution in [-0.4, -0.2) is 48.9 Å². The molecule has 152 valence electrons. The second kappa shape index (κ2) is 8.23. The Kier molecular flexibility index (Phi) is 5.51. The SMILES string of the molecule is CCOC(=O)CNC(=O)N1CCCC(C(=O)c2ccc3c4c(cccc24)CC3)C1. The van der Waals surface area contributed by atoms with Gasteiger partial charge in [0.1, 0.15) is 6.54 Å². The highest BCUT2D eigenvalue weighted by Gasteiger charge is 2.30. The van der Waals surface area contributed by atoms with Crippen molar-refractivity contribution in [3.8, 4) is 0 Å². The molecule has 1 heterocycles. The van der Waals surface area contributed by atoms with Gasteiger partial charge in [0.25, 0.3) is 0 Å². The summed E-state index contributed by atoms with van der Waals surface area (Å²) in [6.07, 6.45) is 3.60. The van der Waals surface area contributed by atoms with Crippen LogP contribution in [0.3, 0.4) is 0 Å². The molecule has 2 aromatic rings. The van der Waals surface area contributed by atoms with E-state index in [1.807, 2.05) is 18.2 Å². The van der Waals surface area contributed by atoms with E-state index in [1.165, 1.54) is 16.5 Å². The van der Waals surface area contributed by atoms with Crippen LogP contribution in [0.15, 0.2) is 30.3 Å². The maximum atomic E-state index is 13.3. The van der Waals surface area contributed by atoms with Gasteiger partial charge in [0, 0.05) is 24.6 Å². The fourth-order valence-corrected chi connectivity index (χ4v) is 4.53. The zero-order valence-corrected chi connectivity index (χ0v) is 16.7. The monoisotopic (exact) mass is 394 g/mol. The Morgan fingerprint density at radius 1 is 1.14 bits per heavy atom. The van der Waals surface area contributed by atoms with E-state index in [0.29, 0.717) is 13.1 Å². The average molecular weight is 394 g/mol. The molecule has 0 spiro atoms. The molecule has 29 heavy (non-hydrogen) atoms. The Morgan fingerprint density at radius 3 is 2.72 bits per heavy atom. The molecule has 0 saturated carbocycles. The average Bonchev–Trinajstić information content (AvgIpc) is 3.17. The third kappa shape index (κ3) is 3.84. The third-order valence-electron chi connectivity index (χ3n) is 5.91. The van der Waals surface area contributed by atoms with Gasteiger partial charge >= 0.3 is 12.0 Å². The molecule has 2 aliphatic rings. The van der Waals surface area contributed by atoms with E-state index in [4.69, 9.17) is 4.74 Å². The van der Waals surface area contributed by atoms with Crippen molar-refractivity contribution in [1.29, 1.82) is 0 Å². The molecular weight excluding hydrogens is 368 g/mol. The molecule has 6 heteroatoms. The van der Waals surface area contributed by atoms with Gasteiger partial charge in [0.2, 0.25) is 0 Å². The van der Waals surface area contributed by atoms with Gasteiger partial charge in [-0.05, 0) is 54.5 Å². The highest BCUT2D eigenvalue weighted by atomic mass is 16.5. The van der Waals surface area contributed by atoms with Gasteiger partial charge in [-0.1, -0.05) is 30.3 Å². The first-order valence-corrected chi connectivity index (χ1v) is 10.3. The van der Waals surface area contributed by atoms with Crippen molar-refractivity contribution in [2.24, 2.45) is 5.92 Å². The molecule has 1 atom stereocenters. The second-order valence-corrected chi connectivity index (χ2v) is 7.73. The predicted molar refractivity (Wildman–Crippen MR) is 110 cm³/mol. The molecule has 2 amide bonds. The summed E-state index contributed by atoms with van der Waals surface area (Å²) in [6, 6.07) is 9.92. The lowest BCUT2D eigenvalue weighted by molar-refractivity contribution is -0.141. The van der Waals surface area contributed by atoms with Crippen molar-refractivity contribution >= 4 is 28.6 Å². The van der Waals surface area contributed by atoms with Gasteiger partial charge in [-0.2, -0.15) is 0 Å². The number of likely N-dealkylation sites (tertiary alicyclic amines) is 1. The van der Waals surface area contributed by atoms with Gasteiger partial charge in [0.15, 0.2) is 5.78 Å². The molecular formula is C23H26N2O4. The minimum absolute atomic E-state index is 0.100. The van der Waals surface area contributed by atoms with Gasteiger partial charge in [-0.15, -0.1) is 0 Å². The van der Waals surface area contributed by atoms with Crippen LogP contribution in [0.25, 0.3) is 10.8 Å². The Hall–Kier alpha value is -2.89. The fourth-order valence-electron chi connectivity index (χ4n) is 4.53. The number of aryl methyl sites for hydroxylation is 2. The number of ketones is 1. The summed E-state index contributed by atoms with van der Waals surface area (Å²) >= 11 is 0. The lowest BCUT2D eigenvalue weighted by Gasteiger charge is -2.32. The summed E-state index contributed by atoms with van der Waals surface area (Å²) in [5.74, 6) is -0.586. The number of carbonyl (C=O) groups excluding carboxylic acids is 3. The standard InChI is InChI=1S/C23H26N2O4/c1-2-29-20(26)13-24-23(28)25-12-4-6-17(14-25)22(27)19-11-10-16-9-8-15-5-3-7-18(19)21(15)16/h3,5,7,10-11,17H,2,4,6,8-9,12-14H2,1H3,(H,24,28). The van der Waals surface area contributed by atoms with Crippen molar-refractivity contribution < 1.29 is 19.1 Å². The summed E-state index contributed by atoms with van der Waals surface area (Å²) in [6.45, 7) is 2.81. The quantitative estimate of drug-likeness (QED) is 0.625. The van der Waals surface area contributed by atoms with Gasteiger partial charge < -0.3 is 15.0 Å². The highest BCUT2D eigenvalue weighted by molar-refractivity contribution is 6.11. The maximum absolute atomic E-state index is 13.3. The van der Waals surface area contributed by atoms with Crippen LogP contribution in [0.4, 0.5) is 4.79 Å². The summed E-state index contributed by atoms with van der Waals surface area (Å²) < 4.78 is 4.84. The van der Waals surface area contributed by atoms with Crippen LogP contribution in [0, 0.1) is 5.92 Å². The second-order valence-electron chi connectivity index (χ2n) is 7.73. The number of carbonyl (C=O) groups is 3. The van der Waals surface area contributed by atoms with Gasteiger partial charge in [-0.3, -0.25) is 9.59 Å². The number of nitrogens with one attached hydrogen (secondary N) is 1. The molecule has 1 fully saturated rings. The minimum atomic E-state index is -0.460. The number of rotatable bonds is 5. The largest absolute Gasteiger partial charge is 0.465 e. The first kappa shape index (κ1) is 19.4. The van der Waals surface area contributed by atoms with Crippen LogP contribution in [0.1, 0.15) is 41.3 Å². The lowest BCUT2D eigenvalue weighted by atomic mass is 9.87. The van der Waals surface area contributed by atoms with Crippen LogP contribution in [0.2, 0.25) is 0 Å². The summed E-state index contributed by atoms with van der Waals surface area (Å²) in [5, 5.41) is 4.86. The summed E-state index contributed by atoms with van der Waals surface area (Å²) in [4.78, 5) is 38.9. The number of benzene rings is 2. The number of piperidine rings is 1. The number of urea groups is 1. The maximum Gasteiger partial charge on any atom is 0.325 e. The molecule has 1 saturated heterocycles. The van der Waals surface area contributed by atoms with Crippen molar-refractivity contribution in [2.45, 2.75) is 32.6 Å². The Morgan fingerprint density at radius 2 is 1.93 bits per heavy atom. The van der Waals surface area contributed by atoms with E-state index >= 15 is 0 Å². The van der Waals surface area contributed by atoms with Gasteiger partial charge in [0.05, 0.1) is 6.61 Å². The normalized spacial score (nSPS) is 18.0. The van der Waals surface area contributed by atoms with E-state index in [9.17, 15) is 14.4 Å². The van der Waals surface area contributed by atoms with Crippen molar-refractivity contribution in [3.05, 3.63) is 47.0 Å². The number of ether oxygens (including phenoxy) is 1. The predicted octanol–water partition coefficient (Wildman–Crippen LogP) is 3.11. The lowest BCUT2D eigenvalue weighted by Crippen LogP contribution is -2.48. The molecule has 0 radical (unpaired) electrons. The van der Waals surface area contributed by atoms with E-state index in [0.717, 1.165) is 36.6 Å². The smallest absolute Gasteiger partial charge is 0.325 e. The van der Waals surface area contributed by atoms with Crippen LogP contribution in [-0.2, 0) is 22.4 Å². The first-order chi connectivity index (χ1) is 14.1. The zero-order valence-electron chi connectivity index (χ0n) is 16.7. The Labute approximate surface area is 170 Å². The molecule has 0 aromatic heterocycles. The Balaban J connectivity index is 1.48. The van der Waals surface area contributed by atoms with Crippen molar-refractivity contribution in [1.82, 2.24) is 10.2 Å². The highest BCUT2D eigenvalue weighted by Crippen LogP contribution is 2.34. The minimum Gasteiger partial charge on any atom is -0.465 e. The van der Waals surface area contributed by atoms with Crippen LogP contribution in [0.5, 0.6) is 0 Å². The van der Waals surface area contributed by atoms with Crippen LogP contribution < -0.4 is 5.32 Å². The van der Waals surface area contributed by atoms with E-state index in [2.05, 4.69) is 17.4 Å². The number of esters is 1. The van der Waals surface area contributed by atoms with Crippen LogP contribution >= 0.6 is 0 Å². The third-order valence-corrected chi connectivity index (χ3v) is 5.91. The first-order valence-electron chi connectivity index (χ1n) is 10.3. The number of amides is 2. The molecule has 6 nitrogen and oxygen atoms in total. The molecule has 1 aliphatic heterocycles. The molecule has 1 N–H and O–H groups in total. The topological polar surface area (TPSA) is 75.7 Å². The molecule has 1 unspecified atom stereocenters. The zero-order chi connectivity index (χ0) is 20.4. The summed E-state index contributed by atoms with van der Waals surface area (Å²) in [5.41, 5.74) is 3.39.